The Morgan fingerprint density at radius 2 is 1.79 bits per heavy atom. The third-order valence-corrected chi connectivity index (χ3v) is 15.8. The van der Waals surface area contributed by atoms with Gasteiger partial charge in [-0.05, 0) is 83.4 Å². The smallest absolute Gasteiger partial charge is 0.409 e. The predicted octanol–water partition coefficient (Wildman–Crippen LogP) is 5.16. The summed E-state index contributed by atoms with van der Waals surface area (Å²) in [6.07, 6.45) is 3.60. The van der Waals surface area contributed by atoms with Gasteiger partial charge in [-0.3, -0.25) is 34.2 Å². The van der Waals surface area contributed by atoms with E-state index in [9.17, 15) is 38.7 Å². The fraction of sp³-hybridized carbons (Fsp3) is 0.646. The summed E-state index contributed by atoms with van der Waals surface area (Å²) < 4.78 is 29.4. The molecule has 0 radical (unpaired) electrons. The van der Waals surface area contributed by atoms with Crippen molar-refractivity contribution in [3.8, 4) is 5.75 Å². The molecule has 17 nitrogen and oxygen atoms in total. The van der Waals surface area contributed by atoms with Gasteiger partial charge in [0, 0.05) is 64.6 Å². The first-order valence-corrected chi connectivity index (χ1v) is 24.3. The molecule has 2 unspecified atom stereocenters. The number of alkyl carbamates (subject to hydrolysis) is 1. The summed E-state index contributed by atoms with van der Waals surface area (Å²) in [5.74, 6) is -1.84. The van der Waals surface area contributed by atoms with Gasteiger partial charge in [-0.1, -0.05) is 42.3 Å². The molecule has 19 heteroatoms. The van der Waals surface area contributed by atoms with Crippen molar-refractivity contribution in [3.63, 3.8) is 0 Å². The number of hydrogen-bond acceptors (Lipinski definition) is 14. The second-order valence-corrected chi connectivity index (χ2v) is 20.6. The van der Waals surface area contributed by atoms with Gasteiger partial charge in [-0.25, -0.2) is 9.59 Å². The van der Waals surface area contributed by atoms with E-state index in [0.717, 1.165) is 36.8 Å². The maximum Gasteiger partial charge on any atom is 0.409 e. The van der Waals surface area contributed by atoms with Crippen LogP contribution in [0.15, 0.2) is 35.9 Å². The molecule has 2 N–H and O–H groups in total. The molecule has 0 spiro atoms. The van der Waals surface area contributed by atoms with Gasteiger partial charge in [-0.2, -0.15) is 0 Å². The summed E-state index contributed by atoms with van der Waals surface area (Å²) in [6, 6.07) is 2.43. The van der Waals surface area contributed by atoms with Crippen LogP contribution in [-0.2, 0) is 54.1 Å². The topological polar surface area (TPSA) is 211 Å². The summed E-state index contributed by atoms with van der Waals surface area (Å²) in [5.41, 5.74) is -1.13. The number of fused-ring (bicyclic) bond motifs is 5. The number of likely N-dealkylation sites (N-methyl/N-ethyl adjacent to an activating group) is 1. The van der Waals surface area contributed by atoms with Crippen LogP contribution in [0.5, 0.6) is 5.75 Å². The average Bonchev–Trinajstić information content (AvgIpc) is 3.91. The Balaban J connectivity index is 1.16. The van der Waals surface area contributed by atoms with Crippen molar-refractivity contribution in [1.29, 1.82) is 0 Å². The zero-order chi connectivity index (χ0) is 49.1. The number of imide groups is 1. The van der Waals surface area contributed by atoms with Crippen molar-refractivity contribution in [2.24, 2.45) is 17.8 Å². The normalized spacial score (nSPS) is 33.1. The zero-order valence-electron chi connectivity index (χ0n) is 39.8. The van der Waals surface area contributed by atoms with Gasteiger partial charge >= 0.3 is 12.1 Å². The minimum atomic E-state index is -1.87. The number of likely N-dealkylation sites (tertiary alicyclic amines) is 1. The van der Waals surface area contributed by atoms with Crippen LogP contribution in [0.3, 0.4) is 0 Å². The molecule has 5 aliphatic rings. The number of benzene rings is 1. The Kier molecular flexibility index (Phi) is 16.6. The number of thioether (sulfide) groups is 1. The Bertz CT molecular complexity index is 2160. The lowest BCUT2D eigenvalue weighted by atomic mass is 9.80. The Hall–Kier alpha value is -4.49. The standard InChI is InChI=1S/C48H65ClN4O13S/c1-26-11-10-12-37(63-9)48(61)24-35(64-46(60)50-48)27(2)43-47(5,66-43)38(23-40(56)52(7)33-20-31(19-26)21-34(62-8)42(33)49)65-45(59)28(3)51(6)39(55)17-18-67-36-22-41(57)53(44(36)58)25-30-13-15-32(16-14-30)29(4)54/h10-12,20-21,27-28,30,32,35-38,43,61H,13-19,22-25H2,1-9H3,(H,50,60)/b12-10+,26-11+/t27-,28+,30?,32?,35?,36?,37-,38+,43+,47+,48+/m1/s1. The van der Waals surface area contributed by atoms with E-state index in [1.54, 1.807) is 52.1 Å². The molecular weight excluding hydrogens is 908 g/mol. The number of anilines is 1. The number of nitrogens with one attached hydrogen (secondary N) is 1. The van der Waals surface area contributed by atoms with Crippen molar-refractivity contribution < 1.29 is 62.4 Å². The van der Waals surface area contributed by atoms with Crippen LogP contribution in [0.4, 0.5) is 10.5 Å². The minimum Gasteiger partial charge on any atom is -0.495 e. The number of allylic oxidation sites excluding steroid dienone is 3. The molecule has 4 bridgehead atoms. The third kappa shape index (κ3) is 11.7. The summed E-state index contributed by atoms with van der Waals surface area (Å²) in [5, 5.41) is 13.9. The fourth-order valence-electron chi connectivity index (χ4n) is 9.67. The van der Waals surface area contributed by atoms with Crippen LogP contribution >= 0.6 is 23.4 Å². The van der Waals surface area contributed by atoms with Crippen LogP contribution in [0, 0.1) is 17.8 Å². The Labute approximate surface area is 401 Å². The highest BCUT2D eigenvalue weighted by Gasteiger charge is 2.64. The number of rotatable bonds is 12. The number of carbonyl (C=O) groups is 7. The SMILES string of the molecule is COc1cc2cc(c1Cl)N(C)C(=O)C[C@H](OC(=O)[C@H](C)N(C)C(=O)CCSC1CC(=O)N(CC3CCC(C(C)=O)CC3)C1=O)[C@]1(C)O[C@H]1[C@H](C)C1C[C@@](O)(NC(=O)O1)[C@H](OC)/C=C/C=C(\C)C2. The van der Waals surface area contributed by atoms with E-state index in [-0.39, 0.29) is 65.9 Å². The number of esters is 1. The second kappa shape index (κ2) is 21.4. The van der Waals surface area contributed by atoms with E-state index in [0.29, 0.717) is 24.4 Å². The first-order valence-electron chi connectivity index (χ1n) is 22.9. The first-order chi connectivity index (χ1) is 31.6. The minimum absolute atomic E-state index is 0.0292. The van der Waals surface area contributed by atoms with Gasteiger partial charge in [0.2, 0.25) is 23.6 Å². The largest absolute Gasteiger partial charge is 0.495 e. The van der Waals surface area contributed by atoms with Gasteiger partial charge in [0.1, 0.15) is 46.5 Å². The van der Waals surface area contributed by atoms with Crippen LogP contribution in [0.25, 0.3) is 0 Å². The van der Waals surface area contributed by atoms with E-state index in [2.05, 4.69) is 5.32 Å². The third-order valence-electron chi connectivity index (χ3n) is 14.2. The molecule has 6 rings (SSSR count). The second-order valence-electron chi connectivity index (χ2n) is 18.9. The number of carbonyl (C=O) groups excluding carboxylic acids is 7. The van der Waals surface area contributed by atoms with Crippen molar-refractivity contribution in [3.05, 3.63) is 46.5 Å². The summed E-state index contributed by atoms with van der Waals surface area (Å²) in [7, 11) is 5.91. The quantitative estimate of drug-likeness (QED) is 0.158. The molecule has 67 heavy (non-hydrogen) atoms. The van der Waals surface area contributed by atoms with Gasteiger partial charge in [0.25, 0.3) is 0 Å². The molecule has 1 saturated carbocycles. The number of ketones is 1. The van der Waals surface area contributed by atoms with E-state index < -0.39 is 76.8 Å². The first kappa shape index (κ1) is 51.9. The lowest BCUT2D eigenvalue weighted by molar-refractivity contribution is -0.162. The molecule has 3 saturated heterocycles. The maximum atomic E-state index is 14.3. The summed E-state index contributed by atoms with van der Waals surface area (Å²) in [4.78, 5) is 96.8. The molecule has 4 aliphatic heterocycles. The molecule has 0 aromatic heterocycles. The summed E-state index contributed by atoms with van der Waals surface area (Å²) >= 11 is 8.04. The van der Waals surface area contributed by atoms with Crippen LogP contribution in [-0.4, -0.2) is 144 Å². The van der Waals surface area contributed by atoms with E-state index in [4.69, 9.17) is 35.3 Å². The average molecular weight is 974 g/mol. The number of epoxide rings is 1. The number of halogens is 1. The predicted molar refractivity (Wildman–Crippen MR) is 249 cm³/mol. The van der Waals surface area contributed by atoms with Gasteiger partial charge in [0.15, 0.2) is 5.72 Å². The molecule has 4 heterocycles. The van der Waals surface area contributed by atoms with Gasteiger partial charge in [-0.15, -0.1) is 11.8 Å². The number of Topliss-reactive ketones (excluding diaryl/α,β-unsaturated/α-hetero) is 1. The van der Waals surface area contributed by atoms with E-state index in [1.807, 2.05) is 13.0 Å². The Morgan fingerprint density at radius 1 is 1.09 bits per heavy atom. The highest BCUT2D eigenvalue weighted by Crippen LogP contribution is 2.49. The molecule has 368 valence electrons. The number of aliphatic hydroxyl groups is 1. The van der Waals surface area contributed by atoms with Crippen molar-refractivity contribution >= 4 is 70.5 Å². The molecule has 1 aromatic carbocycles. The van der Waals surface area contributed by atoms with Crippen LogP contribution in [0.2, 0.25) is 5.02 Å². The van der Waals surface area contributed by atoms with Crippen LogP contribution < -0.4 is 15.0 Å². The van der Waals surface area contributed by atoms with Crippen molar-refractivity contribution in [2.75, 3.05) is 45.5 Å². The maximum absolute atomic E-state index is 14.3. The zero-order valence-corrected chi connectivity index (χ0v) is 41.4. The lowest BCUT2D eigenvalue weighted by Gasteiger charge is -2.42. The number of hydrogen-bond donors (Lipinski definition) is 2. The Morgan fingerprint density at radius 3 is 2.45 bits per heavy atom. The van der Waals surface area contributed by atoms with Crippen molar-refractivity contribution in [1.82, 2.24) is 15.1 Å². The van der Waals surface area contributed by atoms with E-state index in [1.165, 1.54) is 54.7 Å². The molecule has 1 aromatic rings. The van der Waals surface area contributed by atoms with Gasteiger partial charge < -0.3 is 38.6 Å². The molecule has 5 amide bonds. The molecule has 9 atom stereocenters. The van der Waals surface area contributed by atoms with E-state index >= 15 is 0 Å². The highest BCUT2D eigenvalue weighted by molar-refractivity contribution is 8.00. The van der Waals surface area contributed by atoms with Gasteiger partial charge in [0.05, 0.1) is 30.6 Å². The number of ether oxygens (including phenoxy) is 5. The molecule has 4 fully saturated rings. The number of methoxy groups -OCH3 is 2. The van der Waals surface area contributed by atoms with Crippen LogP contribution in [0.1, 0.15) is 91.5 Å². The monoisotopic (exact) mass is 972 g/mol. The van der Waals surface area contributed by atoms with Crippen molar-refractivity contribution in [2.45, 2.75) is 139 Å². The number of amides is 5. The fourth-order valence-corrected chi connectivity index (χ4v) is 11.1. The number of nitrogens with zero attached hydrogens (tertiary/aromatic N) is 3. The lowest BCUT2D eigenvalue weighted by Crippen LogP contribution is -2.63. The molecular formula is C48H65ClN4O13S. The molecule has 1 aliphatic carbocycles. The highest BCUT2D eigenvalue weighted by atomic mass is 35.5. The summed E-state index contributed by atoms with van der Waals surface area (Å²) in [6.45, 7) is 8.82.